The Labute approximate surface area is 123 Å². The number of phenols is 1. The van der Waals surface area contributed by atoms with Gasteiger partial charge in [-0.3, -0.25) is 4.79 Å². The molecule has 2 N–H and O–H groups in total. The third-order valence-electron chi connectivity index (χ3n) is 3.19. The predicted molar refractivity (Wildman–Crippen MR) is 83.0 cm³/mol. The van der Waals surface area contributed by atoms with E-state index in [1.807, 2.05) is 26.0 Å². The van der Waals surface area contributed by atoms with Gasteiger partial charge in [-0.05, 0) is 26.0 Å². The summed E-state index contributed by atoms with van der Waals surface area (Å²) in [6.07, 6.45) is 1.77. The Morgan fingerprint density at radius 1 is 1.24 bits per heavy atom. The molecule has 112 valence electrons. The smallest absolute Gasteiger partial charge is 0.250 e. The second-order valence-electron chi connectivity index (χ2n) is 4.59. The number of aromatic nitrogens is 1. The number of phenolic OH excluding ortho intramolecular Hbond substituents is 1. The zero-order valence-corrected chi connectivity index (χ0v) is 12.3. The molecule has 0 atom stereocenters. The molecule has 1 aromatic heterocycles. The lowest BCUT2D eigenvalue weighted by atomic mass is 10.2. The first-order valence-electron chi connectivity index (χ1n) is 7.03. The van der Waals surface area contributed by atoms with Crippen LogP contribution in [0.2, 0.25) is 0 Å². The van der Waals surface area contributed by atoms with Gasteiger partial charge in [-0.2, -0.15) is 0 Å². The molecule has 1 aromatic carbocycles. The minimum absolute atomic E-state index is 0.0239. The summed E-state index contributed by atoms with van der Waals surface area (Å²) in [7, 11) is 0. The van der Waals surface area contributed by atoms with E-state index >= 15 is 0 Å². The fraction of sp³-hybridized carbons (Fsp3) is 0.312. The number of hydrogen-bond donors (Lipinski definition) is 2. The summed E-state index contributed by atoms with van der Waals surface area (Å²) in [5.74, 6) is 0.631. The number of para-hydroxylation sites is 1. The highest BCUT2D eigenvalue weighted by atomic mass is 16.5. The van der Waals surface area contributed by atoms with Crippen molar-refractivity contribution in [2.24, 2.45) is 0 Å². The van der Waals surface area contributed by atoms with E-state index in [0.29, 0.717) is 25.4 Å². The lowest BCUT2D eigenvalue weighted by molar-refractivity contribution is 0.317. The van der Waals surface area contributed by atoms with Gasteiger partial charge in [0.2, 0.25) is 0 Å². The molecule has 0 radical (unpaired) electrons. The molecule has 0 amide bonds. The molecule has 0 saturated heterocycles. The fourth-order valence-corrected chi connectivity index (χ4v) is 2.06. The number of nitrogens with one attached hydrogen (secondary N) is 1. The molecule has 0 unspecified atom stereocenters. The van der Waals surface area contributed by atoms with Crippen molar-refractivity contribution in [1.82, 2.24) is 4.57 Å². The van der Waals surface area contributed by atoms with Gasteiger partial charge in [0.15, 0.2) is 11.5 Å². The van der Waals surface area contributed by atoms with Crippen LogP contribution in [0.3, 0.4) is 0 Å². The second-order valence-corrected chi connectivity index (χ2v) is 4.59. The van der Waals surface area contributed by atoms with Crippen LogP contribution in [0.15, 0.2) is 41.3 Å². The lowest BCUT2D eigenvalue weighted by Gasteiger charge is -2.12. The Kier molecular flexibility index (Phi) is 4.87. The number of ether oxygens (including phenoxy) is 1. The number of pyridine rings is 1. The van der Waals surface area contributed by atoms with E-state index in [4.69, 9.17) is 4.74 Å². The first-order chi connectivity index (χ1) is 10.2. The largest absolute Gasteiger partial charge is 0.504 e. The van der Waals surface area contributed by atoms with Gasteiger partial charge < -0.3 is 19.7 Å². The molecular weight excluding hydrogens is 268 g/mol. The lowest BCUT2D eigenvalue weighted by Crippen LogP contribution is -2.17. The molecule has 5 heteroatoms. The van der Waals surface area contributed by atoms with Crippen LogP contribution in [-0.4, -0.2) is 16.3 Å². The molecule has 2 rings (SSSR count). The molecule has 0 spiro atoms. The molecule has 0 bridgehead atoms. The Morgan fingerprint density at radius 2 is 2.05 bits per heavy atom. The molecule has 21 heavy (non-hydrogen) atoms. The third-order valence-corrected chi connectivity index (χ3v) is 3.19. The number of anilines is 1. The topological polar surface area (TPSA) is 63.5 Å². The van der Waals surface area contributed by atoms with Gasteiger partial charge >= 0.3 is 0 Å². The number of hydrogen-bond acceptors (Lipinski definition) is 4. The number of rotatable bonds is 6. The molecule has 5 nitrogen and oxygen atoms in total. The summed E-state index contributed by atoms with van der Waals surface area (Å²) in [6, 6.07) is 8.68. The fourth-order valence-electron chi connectivity index (χ4n) is 2.06. The van der Waals surface area contributed by atoms with Crippen molar-refractivity contribution in [3.8, 4) is 11.5 Å². The molecule has 0 aliphatic rings. The summed E-state index contributed by atoms with van der Waals surface area (Å²) in [4.78, 5) is 11.5. The number of nitrogens with zero attached hydrogens (tertiary/aromatic N) is 1. The van der Waals surface area contributed by atoms with Crippen molar-refractivity contribution in [3.05, 3.63) is 52.4 Å². The van der Waals surface area contributed by atoms with Gasteiger partial charge in [0.05, 0.1) is 12.3 Å². The van der Waals surface area contributed by atoms with Crippen molar-refractivity contribution in [2.75, 3.05) is 11.9 Å². The van der Waals surface area contributed by atoms with Crippen molar-refractivity contribution in [3.63, 3.8) is 0 Å². The van der Waals surface area contributed by atoms with E-state index < -0.39 is 0 Å². The van der Waals surface area contributed by atoms with Crippen LogP contribution in [0.1, 0.15) is 19.4 Å². The van der Waals surface area contributed by atoms with E-state index in [0.717, 1.165) is 11.3 Å². The monoisotopic (exact) mass is 288 g/mol. The van der Waals surface area contributed by atoms with E-state index in [1.54, 1.807) is 22.9 Å². The highest BCUT2D eigenvalue weighted by Crippen LogP contribution is 2.30. The van der Waals surface area contributed by atoms with Crippen molar-refractivity contribution in [2.45, 2.75) is 26.9 Å². The first-order valence-corrected chi connectivity index (χ1v) is 7.03. The zero-order chi connectivity index (χ0) is 15.2. The molecular formula is C16H20N2O3. The summed E-state index contributed by atoms with van der Waals surface area (Å²) >= 11 is 0. The summed E-state index contributed by atoms with van der Waals surface area (Å²) in [5.41, 5.74) is 1.55. The molecule has 0 aliphatic heterocycles. The van der Waals surface area contributed by atoms with Crippen LogP contribution in [0, 0.1) is 0 Å². The van der Waals surface area contributed by atoms with Gasteiger partial charge in [0.1, 0.15) is 0 Å². The molecule has 0 fully saturated rings. The van der Waals surface area contributed by atoms with Crippen molar-refractivity contribution >= 4 is 5.69 Å². The summed E-state index contributed by atoms with van der Waals surface area (Å²) < 4.78 is 6.98. The van der Waals surface area contributed by atoms with Gasteiger partial charge in [-0.1, -0.05) is 12.1 Å². The maximum atomic E-state index is 11.5. The zero-order valence-electron chi connectivity index (χ0n) is 12.3. The van der Waals surface area contributed by atoms with Gasteiger partial charge in [-0.15, -0.1) is 0 Å². The van der Waals surface area contributed by atoms with Crippen LogP contribution in [0.5, 0.6) is 11.5 Å². The van der Waals surface area contributed by atoms with E-state index in [-0.39, 0.29) is 11.3 Å². The second kappa shape index (κ2) is 6.83. The maximum Gasteiger partial charge on any atom is 0.250 e. The Hall–Kier alpha value is -2.43. The normalized spacial score (nSPS) is 10.4. The van der Waals surface area contributed by atoms with E-state index in [2.05, 4.69) is 5.32 Å². The van der Waals surface area contributed by atoms with Crippen LogP contribution in [0.25, 0.3) is 0 Å². The van der Waals surface area contributed by atoms with Crippen LogP contribution < -0.4 is 15.6 Å². The van der Waals surface area contributed by atoms with Crippen LogP contribution in [-0.2, 0) is 13.1 Å². The SMILES string of the molecule is CCOc1cccc(CNc2ccc(=O)n(CC)c2)c1O. The predicted octanol–water partition coefficient (Wildman–Crippen LogP) is 2.58. The first kappa shape index (κ1) is 15.0. The number of aryl methyl sites for hydroxylation is 1. The van der Waals surface area contributed by atoms with Crippen LogP contribution >= 0.6 is 0 Å². The number of benzene rings is 1. The Morgan fingerprint density at radius 3 is 2.76 bits per heavy atom. The Balaban J connectivity index is 2.13. The van der Waals surface area contributed by atoms with Crippen molar-refractivity contribution < 1.29 is 9.84 Å². The number of aromatic hydroxyl groups is 1. The minimum Gasteiger partial charge on any atom is -0.504 e. The average Bonchev–Trinajstić information content (AvgIpc) is 2.49. The summed E-state index contributed by atoms with van der Waals surface area (Å²) in [6.45, 7) is 5.38. The van der Waals surface area contributed by atoms with Gasteiger partial charge in [0, 0.05) is 30.9 Å². The highest BCUT2D eigenvalue weighted by molar-refractivity contribution is 5.48. The van der Waals surface area contributed by atoms with Crippen LogP contribution in [0.4, 0.5) is 5.69 Å². The minimum atomic E-state index is -0.0239. The average molecular weight is 288 g/mol. The molecule has 0 saturated carbocycles. The Bertz CT molecular complexity index is 665. The van der Waals surface area contributed by atoms with E-state index in [1.165, 1.54) is 6.07 Å². The maximum absolute atomic E-state index is 11.5. The quantitative estimate of drug-likeness (QED) is 0.857. The van der Waals surface area contributed by atoms with Gasteiger partial charge in [-0.25, -0.2) is 0 Å². The highest BCUT2D eigenvalue weighted by Gasteiger charge is 2.07. The third kappa shape index (κ3) is 3.56. The van der Waals surface area contributed by atoms with Crippen molar-refractivity contribution in [1.29, 1.82) is 0 Å². The summed E-state index contributed by atoms with van der Waals surface area (Å²) in [5, 5.41) is 13.3. The molecule has 1 heterocycles. The van der Waals surface area contributed by atoms with Gasteiger partial charge in [0.25, 0.3) is 5.56 Å². The molecule has 0 aliphatic carbocycles. The van der Waals surface area contributed by atoms with E-state index in [9.17, 15) is 9.90 Å². The standard InChI is InChI=1S/C16H20N2O3/c1-3-18-11-13(8-9-15(18)19)17-10-12-6-5-7-14(16(12)20)21-4-2/h5-9,11,17,20H,3-4,10H2,1-2H3. The molecule has 2 aromatic rings.